The van der Waals surface area contributed by atoms with Crippen molar-refractivity contribution in [2.24, 2.45) is 0 Å². The van der Waals surface area contributed by atoms with E-state index in [0.29, 0.717) is 16.6 Å². The maximum absolute atomic E-state index is 5.83. The second kappa shape index (κ2) is 3.94. The van der Waals surface area contributed by atoms with Gasteiger partial charge in [-0.3, -0.25) is 0 Å². The summed E-state index contributed by atoms with van der Waals surface area (Å²) in [5.74, 6) is 0.585. The lowest BCUT2D eigenvalue weighted by molar-refractivity contribution is 0.862. The van der Waals surface area contributed by atoms with Crippen LogP contribution in [-0.4, -0.2) is 24.7 Å². The van der Waals surface area contributed by atoms with E-state index in [9.17, 15) is 0 Å². The zero-order valence-electron chi connectivity index (χ0n) is 8.38. The SMILES string of the molecule is Clc1cccc(-n2ncc3cnc(Cl)nc32)n1. The van der Waals surface area contributed by atoms with Gasteiger partial charge in [-0.05, 0) is 23.7 Å². The van der Waals surface area contributed by atoms with Crippen molar-refractivity contribution in [2.75, 3.05) is 0 Å². The predicted octanol–water partition coefficient (Wildman–Crippen LogP) is 2.52. The second-order valence-corrected chi connectivity index (χ2v) is 4.02. The Hall–Kier alpha value is -1.72. The Kier molecular flexibility index (Phi) is 2.42. The van der Waals surface area contributed by atoms with Crippen molar-refractivity contribution in [3.63, 3.8) is 0 Å². The molecule has 0 unspecified atom stereocenters. The zero-order chi connectivity index (χ0) is 11.8. The minimum atomic E-state index is 0.168. The Bertz CT molecular complexity index is 694. The average Bonchev–Trinajstić information content (AvgIpc) is 2.71. The van der Waals surface area contributed by atoms with Crippen LogP contribution in [0.4, 0.5) is 0 Å². The summed E-state index contributed by atoms with van der Waals surface area (Å²) in [6, 6.07) is 5.27. The Balaban J connectivity index is 2.27. The molecule has 3 aromatic heterocycles. The highest BCUT2D eigenvalue weighted by molar-refractivity contribution is 6.29. The third-order valence-corrected chi connectivity index (χ3v) is 2.59. The van der Waals surface area contributed by atoms with Crippen molar-refractivity contribution in [2.45, 2.75) is 0 Å². The number of hydrogen-bond donors (Lipinski definition) is 0. The highest BCUT2D eigenvalue weighted by Gasteiger charge is 2.08. The normalized spacial score (nSPS) is 10.9. The van der Waals surface area contributed by atoms with E-state index in [2.05, 4.69) is 20.1 Å². The van der Waals surface area contributed by atoms with Crippen LogP contribution in [-0.2, 0) is 0 Å². The summed E-state index contributed by atoms with van der Waals surface area (Å²) >= 11 is 11.6. The minimum absolute atomic E-state index is 0.168. The molecular formula is C10H5Cl2N5. The molecule has 17 heavy (non-hydrogen) atoms. The van der Waals surface area contributed by atoms with Crippen molar-refractivity contribution < 1.29 is 0 Å². The molecule has 3 aromatic rings. The maximum atomic E-state index is 5.83. The highest BCUT2D eigenvalue weighted by atomic mass is 35.5. The van der Waals surface area contributed by atoms with Crippen LogP contribution in [0.15, 0.2) is 30.6 Å². The van der Waals surface area contributed by atoms with Gasteiger partial charge in [0.25, 0.3) is 0 Å². The number of rotatable bonds is 1. The van der Waals surface area contributed by atoms with Gasteiger partial charge in [-0.1, -0.05) is 17.7 Å². The number of hydrogen-bond acceptors (Lipinski definition) is 4. The Morgan fingerprint density at radius 2 is 1.94 bits per heavy atom. The van der Waals surface area contributed by atoms with Crippen molar-refractivity contribution in [1.82, 2.24) is 24.7 Å². The van der Waals surface area contributed by atoms with Crippen LogP contribution < -0.4 is 0 Å². The summed E-state index contributed by atoms with van der Waals surface area (Å²) in [5.41, 5.74) is 0.597. The van der Waals surface area contributed by atoms with E-state index in [1.54, 1.807) is 35.3 Å². The van der Waals surface area contributed by atoms with Crippen LogP contribution in [0.25, 0.3) is 16.9 Å². The van der Waals surface area contributed by atoms with E-state index >= 15 is 0 Å². The first kappa shape index (κ1) is 10.4. The fourth-order valence-electron chi connectivity index (χ4n) is 1.48. The van der Waals surface area contributed by atoms with E-state index in [1.165, 1.54) is 0 Å². The Morgan fingerprint density at radius 1 is 1.06 bits per heavy atom. The summed E-state index contributed by atoms with van der Waals surface area (Å²) in [6.45, 7) is 0. The molecule has 0 spiro atoms. The molecule has 0 N–H and O–H groups in total. The van der Waals surface area contributed by atoms with E-state index < -0.39 is 0 Å². The Morgan fingerprint density at radius 3 is 2.76 bits per heavy atom. The van der Waals surface area contributed by atoms with E-state index in [-0.39, 0.29) is 5.28 Å². The lowest BCUT2D eigenvalue weighted by Crippen LogP contribution is -2.00. The third kappa shape index (κ3) is 1.83. The van der Waals surface area contributed by atoms with Crippen molar-refractivity contribution >= 4 is 34.2 Å². The number of halogens is 2. The molecular weight excluding hydrogens is 261 g/mol. The van der Waals surface area contributed by atoms with Crippen LogP contribution in [0.1, 0.15) is 0 Å². The molecule has 3 rings (SSSR count). The van der Waals surface area contributed by atoms with Gasteiger partial charge in [0.05, 0.1) is 11.6 Å². The zero-order valence-corrected chi connectivity index (χ0v) is 9.89. The standard InChI is InChI=1S/C10H5Cl2N5/c11-7-2-1-3-8(15-7)17-9-6(5-14-17)4-13-10(12)16-9/h1-5H. The van der Waals surface area contributed by atoms with Gasteiger partial charge in [-0.15, -0.1) is 0 Å². The molecule has 0 aromatic carbocycles. The number of fused-ring (bicyclic) bond motifs is 1. The Labute approximate surface area is 106 Å². The number of nitrogens with zero attached hydrogens (tertiary/aromatic N) is 5. The molecule has 7 heteroatoms. The van der Waals surface area contributed by atoms with E-state index in [1.807, 2.05) is 0 Å². The average molecular weight is 266 g/mol. The third-order valence-electron chi connectivity index (χ3n) is 2.20. The molecule has 0 saturated heterocycles. The maximum Gasteiger partial charge on any atom is 0.224 e. The first-order chi connectivity index (χ1) is 8.24. The second-order valence-electron chi connectivity index (χ2n) is 3.29. The molecule has 0 aliphatic rings. The molecule has 0 atom stereocenters. The summed E-state index contributed by atoms with van der Waals surface area (Å²) in [5, 5.41) is 5.53. The molecule has 0 aliphatic carbocycles. The largest absolute Gasteiger partial charge is 0.226 e. The highest BCUT2D eigenvalue weighted by Crippen LogP contribution is 2.17. The van der Waals surface area contributed by atoms with Gasteiger partial charge < -0.3 is 0 Å². The summed E-state index contributed by atoms with van der Waals surface area (Å²) < 4.78 is 1.56. The van der Waals surface area contributed by atoms with Crippen LogP contribution in [0.5, 0.6) is 0 Å². The first-order valence-electron chi connectivity index (χ1n) is 4.73. The molecule has 5 nitrogen and oxygen atoms in total. The molecule has 3 heterocycles. The molecule has 84 valence electrons. The van der Waals surface area contributed by atoms with Crippen LogP contribution >= 0.6 is 23.2 Å². The minimum Gasteiger partial charge on any atom is -0.226 e. The van der Waals surface area contributed by atoms with Crippen LogP contribution in [0, 0.1) is 0 Å². The first-order valence-corrected chi connectivity index (χ1v) is 5.49. The fraction of sp³-hybridized carbons (Fsp3) is 0. The van der Waals surface area contributed by atoms with Crippen molar-refractivity contribution in [1.29, 1.82) is 0 Å². The predicted molar refractivity (Wildman–Crippen MR) is 64.5 cm³/mol. The topological polar surface area (TPSA) is 56.5 Å². The smallest absolute Gasteiger partial charge is 0.224 e. The quantitative estimate of drug-likeness (QED) is 0.501. The van der Waals surface area contributed by atoms with Gasteiger partial charge in [0, 0.05) is 6.20 Å². The van der Waals surface area contributed by atoms with Crippen molar-refractivity contribution in [3.8, 4) is 5.82 Å². The lowest BCUT2D eigenvalue weighted by Gasteiger charge is -2.01. The molecule has 0 amide bonds. The van der Waals surface area contributed by atoms with Crippen LogP contribution in [0.3, 0.4) is 0 Å². The lowest BCUT2D eigenvalue weighted by atomic mass is 10.4. The fourth-order valence-corrected chi connectivity index (χ4v) is 1.77. The molecule has 0 fully saturated rings. The number of aromatic nitrogens is 5. The molecule has 0 radical (unpaired) electrons. The summed E-state index contributed by atoms with van der Waals surface area (Å²) in [6.07, 6.45) is 3.26. The van der Waals surface area contributed by atoms with Crippen molar-refractivity contribution in [3.05, 3.63) is 41.0 Å². The van der Waals surface area contributed by atoms with Gasteiger partial charge in [0.2, 0.25) is 5.28 Å². The van der Waals surface area contributed by atoms with E-state index in [0.717, 1.165) is 5.39 Å². The van der Waals surface area contributed by atoms with Gasteiger partial charge in [-0.2, -0.15) is 14.8 Å². The van der Waals surface area contributed by atoms with Crippen LogP contribution in [0.2, 0.25) is 10.4 Å². The van der Waals surface area contributed by atoms with Gasteiger partial charge in [0.1, 0.15) is 5.15 Å². The summed E-state index contributed by atoms with van der Waals surface area (Å²) in [7, 11) is 0. The van der Waals surface area contributed by atoms with Gasteiger partial charge in [0.15, 0.2) is 11.5 Å². The molecule has 0 saturated carbocycles. The van der Waals surface area contributed by atoms with Gasteiger partial charge >= 0.3 is 0 Å². The van der Waals surface area contributed by atoms with E-state index in [4.69, 9.17) is 23.2 Å². The molecule has 0 bridgehead atoms. The summed E-state index contributed by atoms with van der Waals surface area (Å²) in [4.78, 5) is 12.2. The molecule has 0 aliphatic heterocycles. The number of pyridine rings is 1. The van der Waals surface area contributed by atoms with Gasteiger partial charge in [-0.25, -0.2) is 9.97 Å². The monoisotopic (exact) mass is 265 g/mol.